The topological polar surface area (TPSA) is 100 Å². The summed E-state index contributed by atoms with van der Waals surface area (Å²) in [6, 6.07) is 5.22. The van der Waals surface area contributed by atoms with Crippen molar-refractivity contribution in [2.75, 3.05) is 31.1 Å². The molecule has 8 nitrogen and oxygen atoms in total. The summed E-state index contributed by atoms with van der Waals surface area (Å²) in [5.74, 6) is -1.63. The van der Waals surface area contributed by atoms with Crippen molar-refractivity contribution in [3.8, 4) is 0 Å². The number of piperazine rings is 1. The number of amides is 1. The van der Waals surface area contributed by atoms with E-state index in [1.807, 2.05) is 26.8 Å². The van der Waals surface area contributed by atoms with Crippen molar-refractivity contribution < 1.29 is 28.6 Å². The molecule has 0 radical (unpaired) electrons. The summed E-state index contributed by atoms with van der Waals surface area (Å²) >= 11 is 0. The third-order valence-electron chi connectivity index (χ3n) is 4.32. The van der Waals surface area contributed by atoms with Crippen molar-refractivity contribution in [1.82, 2.24) is 4.90 Å². The fourth-order valence-corrected chi connectivity index (χ4v) is 3.05. The Bertz CT molecular complexity index is 887. The van der Waals surface area contributed by atoms with E-state index in [4.69, 9.17) is 14.3 Å². The van der Waals surface area contributed by atoms with Gasteiger partial charge in [0, 0.05) is 43.3 Å². The maximum absolute atomic E-state index is 12.2. The lowest BCUT2D eigenvalue weighted by molar-refractivity contribution is 0.0240. The number of carboxylic acids is 1. The summed E-state index contributed by atoms with van der Waals surface area (Å²) in [6.07, 6.45) is 0.166. The SMILES string of the molecule is CC(C)(C)OC(=O)N1CCN(c2ccc3c(C=O)c(C(=O)O)oc3c2)CC1. The zero-order valence-electron chi connectivity index (χ0n) is 15.5. The van der Waals surface area contributed by atoms with Gasteiger partial charge in [-0.25, -0.2) is 9.59 Å². The Labute approximate surface area is 156 Å². The average Bonchev–Trinajstić information content (AvgIpc) is 2.98. The van der Waals surface area contributed by atoms with Crippen LogP contribution in [0.4, 0.5) is 10.5 Å². The molecule has 0 aliphatic carbocycles. The van der Waals surface area contributed by atoms with Crippen molar-refractivity contribution in [3.63, 3.8) is 0 Å². The van der Waals surface area contributed by atoms with Crippen LogP contribution in [0.25, 0.3) is 11.0 Å². The van der Waals surface area contributed by atoms with Gasteiger partial charge < -0.3 is 24.1 Å². The summed E-state index contributed by atoms with van der Waals surface area (Å²) in [4.78, 5) is 38.3. The Morgan fingerprint density at radius 2 is 1.85 bits per heavy atom. The van der Waals surface area contributed by atoms with Crippen LogP contribution in [0, 0.1) is 0 Å². The maximum Gasteiger partial charge on any atom is 0.410 e. The number of aromatic carboxylic acids is 1. The number of hydrogen-bond donors (Lipinski definition) is 1. The average molecular weight is 374 g/mol. The van der Waals surface area contributed by atoms with Gasteiger partial charge in [0.2, 0.25) is 5.76 Å². The van der Waals surface area contributed by atoms with Crippen molar-refractivity contribution >= 4 is 35.0 Å². The van der Waals surface area contributed by atoms with E-state index in [0.717, 1.165) is 5.69 Å². The lowest BCUT2D eigenvalue weighted by Crippen LogP contribution is -2.50. The number of furan rings is 1. The van der Waals surface area contributed by atoms with Crippen LogP contribution in [0.1, 0.15) is 41.7 Å². The first kappa shape index (κ1) is 18.8. The number of nitrogens with zero attached hydrogens (tertiary/aromatic N) is 2. The van der Waals surface area contributed by atoms with E-state index < -0.39 is 11.6 Å². The maximum atomic E-state index is 12.2. The molecule has 144 valence electrons. The number of carbonyl (C=O) groups is 3. The van der Waals surface area contributed by atoms with Crippen LogP contribution < -0.4 is 4.90 Å². The number of rotatable bonds is 3. The molecule has 1 aromatic carbocycles. The molecule has 27 heavy (non-hydrogen) atoms. The van der Waals surface area contributed by atoms with Gasteiger partial charge in [-0.1, -0.05) is 0 Å². The van der Waals surface area contributed by atoms with Crippen LogP contribution in [0.3, 0.4) is 0 Å². The minimum atomic E-state index is -1.28. The van der Waals surface area contributed by atoms with Crippen LogP contribution in [-0.4, -0.2) is 60.1 Å². The fraction of sp³-hybridized carbons (Fsp3) is 0.421. The molecule has 1 saturated heterocycles. The van der Waals surface area contributed by atoms with Crippen molar-refractivity contribution in [1.29, 1.82) is 0 Å². The molecule has 2 aromatic rings. The van der Waals surface area contributed by atoms with Gasteiger partial charge in [0.05, 0.1) is 5.56 Å². The minimum Gasteiger partial charge on any atom is -0.475 e. The molecule has 1 amide bonds. The van der Waals surface area contributed by atoms with Gasteiger partial charge in [0.15, 0.2) is 6.29 Å². The second-order valence-electron chi connectivity index (χ2n) is 7.40. The van der Waals surface area contributed by atoms with Crippen molar-refractivity contribution in [3.05, 3.63) is 29.5 Å². The molecule has 1 aliphatic rings. The standard InChI is InChI=1S/C19H22N2O6/c1-19(2,3)27-18(25)21-8-6-20(7-9-21)12-4-5-13-14(11-22)16(17(23)24)26-15(13)10-12/h4-5,10-11H,6-9H2,1-3H3,(H,23,24). The van der Waals surface area contributed by atoms with E-state index in [-0.39, 0.29) is 17.4 Å². The third-order valence-corrected chi connectivity index (χ3v) is 4.32. The lowest BCUT2D eigenvalue weighted by Gasteiger charge is -2.36. The van der Waals surface area contributed by atoms with Gasteiger partial charge in [-0.2, -0.15) is 0 Å². The summed E-state index contributed by atoms with van der Waals surface area (Å²) in [5, 5.41) is 9.64. The fourth-order valence-electron chi connectivity index (χ4n) is 3.05. The number of hydrogen-bond acceptors (Lipinski definition) is 6. The van der Waals surface area contributed by atoms with Crippen LogP contribution >= 0.6 is 0 Å². The number of benzene rings is 1. The molecule has 8 heteroatoms. The van der Waals surface area contributed by atoms with Gasteiger partial charge in [0.25, 0.3) is 0 Å². The molecule has 0 spiro atoms. The number of carboxylic acid groups (broad SMARTS) is 1. The van der Waals surface area contributed by atoms with E-state index in [1.54, 1.807) is 17.0 Å². The molecule has 2 heterocycles. The van der Waals surface area contributed by atoms with Gasteiger partial charge in [-0.3, -0.25) is 4.79 Å². The Balaban J connectivity index is 1.75. The number of fused-ring (bicyclic) bond motifs is 1. The number of ether oxygens (including phenoxy) is 1. The molecule has 0 unspecified atom stereocenters. The minimum absolute atomic E-state index is 0.0406. The number of anilines is 1. The highest BCUT2D eigenvalue weighted by Crippen LogP contribution is 2.29. The molecular weight excluding hydrogens is 352 g/mol. The van der Waals surface area contributed by atoms with Crippen molar-refractivity contribution in [2.45, 2.75) is 26.4 Å². The lowest BCUT2D eigenvalue weighted by atomic mass is 10.1. The molecule has 0 bridgehead atoms. The molecule has 1 aromatic heterocycles. The van der Waals surface area contributed by atoms with Gasteiger partial charge in [-0.05, 0) is 32.9 Å². The van der Waals surface area contributed by atoms with E-state index >= 15 is 0 Å². The molecule has 1 fully saturated rings. The molecule has 0 saturated carbocycles. The first-order chi connectivity index (χ1) is 12.7. The first-order valence-corrected chi connectivity index (χ1v) is 8.67. The number of carbonyl (C=O) groups excluding carboxylic acids is 2. The first-order valence-electron chi connectivity index (χ1n) is 8.67. The normalized spacial score (nSPS) is 15.1. The molecule has 0 atom stereocenters. The quantitative estimate of drug-likeness (QED) is 0.824. The highest BCUT2D eigenvalue weighted by molar-refractivity contribution is 6.06. The zero-order chi connectivity index (χ0) is 19.8. The predicted molar refractivity (Wildman–Crippen MR) is 98.6 cm³/mol. The van der Waals surface area contributed by atoms with Crippen LogP contribution in [0.15, 0.2) is 22.6 Å². The molecular formula is C19H22N2O6. The Hall–Kier alpha value is -3.03. The second-order valence-corrected chi connectivity index (χ2v) is 7.40. The third kappa shape index (κ3) is 3.89. The predicted octanol–water partition coefficient (Wildman–Crippen LogP) is 3.00. The summed E-state index contributed by atoms with van der Waals surface area (Å²) in [7, 11) is 0. The van der Waals surface area contributed by atoms with Gasteiger partial charge >= 0.3 is 12.1 Å². The van der Waals surface area contributed by atoms with E-state index in [1.165, 1.54) is 0 Å². The van der Waals surface area contributed by atoms with Crippen LogP contribution in [-0.2, 0) is 4.74 Å². The summed E-state index contributed by atoms with van der Waals surface area (Å²) in [6.45, 7) is 7.75. The van der Waals surface area contributed by atoms with E-state index in [2.05, 4.69) is 4.90 Å². The highest BCUT2D eigenvalue weighted by atomic mass is 16.6. The molecule has 1 aliphatic heterocycles. The molecule has 3 rings (SSSR count). The smallest absolute Gasteiger partial charge is 0.410 e. The monoisotopic (exact) mass is 374 g/mol. The Morgan fingerprint density at radius 1 is 1.19 bits per heavy atom. The van der Waals surface area contributed by atoms with E-state index in [0.29, 0.717) is 43.4 Å². The Kier molecular flexibility index (Phi) is 4.82. The van der Waals surface area contributed by atoms with E-state index in [9.17, 15) is 14.4 Å². The number of aldehydes is 1. The zero-order valence-corrected chi connectivity index (χ0v) is 15.5. The van der Waals surface area contributed by atoms with Gasteiger partial charge in [0.1, 0.15) is 11.2 Å². The largest absolute Gasteiger partial charge is 0.475 e. The summed E-state index contributed by atoms with van der Waals surface area (Å²) in [5.41, 5.74) is 0.700. The van der Waals surface area contributed by atoms with Crippen LogP contribution in [0.5, 0.6) is 0 Å². The highest BCUT2D eigenvalue weighted by Gasteiger charge is 2.26. The Morgan fingerprint density at radius 3 is 2.41 bits per heavy atom. The molecule has 1 N–H and O–H groups in total. The summed E-state index contributed by atoms with van der Waals surface area (Å²) < 4.78 is 10.7. The second kappa shape index (κ2) is 6.94. The van der Waals surface area contributed by atoms with Crippen molar-refractivity contribution in [2.24, 2.45) is 0 Å². The van der Waals surface area contributed by atoms with Crippen LogP contribution in [0.2, 0.25) is 0 Å². The van der Waals surface area contributed by atoms with Gasteiger partial charge in [-0.15, -0.1) is 0 Å².